The molecule has 134 valence electrons. The van der Waals surface area contributed by atoms with Gasteiger partial charge in [-0.2, -0.15) is 9.97 Å². The van der Waals surface area contributed by atoms with Crippen LogP contribution in [0.2, 0.25) is 0 Å². The summed E-state index contributed by atoms with van der Waals surface area (Å²) in [6.07, 6.45) is 0. The van der Waals surface area contributed by atoms with Crippen LogP contribution in [-0.4, -0.2) is 31.3 Å². The molecule has 26 heavy (non-hydrogen) atoms. The first-order valence-electron chi connectivity index (χ1n) is 8.54. The number of rotatable bonds is 5. The van der Waals surface area contributed by atoms with E-state index < -0.39 is 11.2 Å². The molecule has 0 radical (unpaired) electrons. The molecule has 0 aliphatic heterocycles. The molecule has 3 aromatic rings. The van der Waals surface area contributed by atoms with Crippen LogP contribution in [0.3, 0.4) is 0 Å². The third-order valence-corrected chi connectivity index (χ3v) is 4.50. The molecule has 0 amide bonds. The molecule has 0 aliphatic carbocycles. The zero-order valence-corrected chi connectivity index (χ0v) is 15.5. The number of benzene rings is 2. The van der Waals surface area contributed by atoms with Crippen molar-refractivity contribution in [3.63, 3.8) is 0 Å². The Balaban J connectivity index is 2.10. The highest BCUT2D eigenvalue weighted by molar-refractivity contribution is 5.61. The molecule has 0 fully saturated rings. The van der Waals surface area contributed by atoms with Gasteiger partial charge in [0, 0.05) is 11.1 Å². The van der Waals surface area contributed by atoms with Gasteiger partial charge in [-0.05, 0) is 27.7 Å². The minimum atomic E-state index is -1.07. The smallest absolute Gasteiger partial charge is 0.321 e. The van der Waals surface area contributed by atoms with Gasteiger partial charge < -0.3 is 9.84 Å². The summed E-state index contributed by atoms with van der Waals surface area (Å²) < 4.78 is 5.98. The maximum Gasteiger partial charge on any atom is 0.321 e. The van der Waals surface area contributed by atoms with E-state index in [4.69, 9.17) is 4.74 Å². The molecule has 0 bridgehead atoms. The van der Waals surface area contributed by atoms with Crippen molar-refractivity contribution in [2.24, 2.45) is 0 Å². The van der Waals surface area contributed by atoms with Crippen LogP contribution in [0.5, 0.6) is 6.01 Å². The highest BCUT2D eigenvalue weighted by Crippen LogP contribution is 2.28. The number of hydrogen-bond acceptors (Lipinski definition) is 5. The van der Waals surface area contributed by atoms with E-state index in [0.717, 1.165) is 11.1 Å². The summed E-state index contributed by atoms with van der Waals surface area (Å²) in [4.78, 5) is 13.5. The van der Waals surface area contributed by atoms with Gasteiger partial charge in [-0.25, -0.2) is 4.98 Å². The summed E-state index contributed by atoms with van der Waals surface area (Å²) in [6, 6.07) is 19.6. The lowest BCUT2D eigenvalue weighted by Gasteiger charge is -2.36. The van der Waals surface area contributed by atoms with Crippen molar-refractivity contribution < 1.29 is 9.84 Å². The molecule has 1 heterocycles. The molecule has 2 aromatic carbocycles. The minimum absolute atomic E-state index is 0.185. The number of hydrogen-bond donors (Lipinski definition) is 1. The van der Waals surface area contributed by atoms with Gasteiger partial charge in [0.2, 0.25) is 0 Å². The fourth-order valence-corrected chi connectivity index (χ4v) is 2.19. The van der Waals surface area contributed by atoms with Crippen LogP contribution in [0.15, 0.2) is 60.7 Å². The Bertz CT molecular complexity index is 815. The van der Waals surface area contributed by atoms with E-state index in [1.54, 1.807) is 27.7 Å². The highest BCUT2D eigenvalue weighted by atomic mass is 16.5. The molecule has 0 unspecified atom stereocenters. The molecule has 5 heteroatoms. The van der Waals surface area contributed by atoms with Crippen LogP contribution in [-0.2, 0) is 0 Å². The summed E-state index contributed by atoms with van der Waals surface area (Å²) in [6.45, 7) is 7.01. The molecule has 0 spiro atoms. The van der Waals surface area contributed by atoms with E-state index in [9.17, 15) is 5.11 Å². The Hall–Kier alpha value is -2.79. The van der Waals surface area contributed by atoms with Crippen LogP contribution in [0.4, 0.5) is 0 Å². The molecule has 0 aliphatic rings. The van der Waals surface area contributed by atoms with Crippen molar-refractivity contribution in [3.8, 4) is 28.8 Å². The van der Waals surface area contributed by atoms with E-state index in [2.05, 4.69) is 15.0 Å². The highest BCUT2D eigenvalue weighted by Gasteiger charge is 2.38. The zero-order chi connectivity index (χ0) is 18.8. The van der Waals surface area contributed by atoms with E-state index in [0.29, 0.717) is 11.6 Å². The van der Waals surface area contributed by atoms with Gasteiger partial charge in [-0.15, -0.1) is 0 Å². The molecule has 0 saturated heterocycles. The Labute approximate surface area is 153 Å². The molecule has 1 aromatic heterocycles. The average Bonchev–Trinajstić information content (AvgIpc) is 2.61. The van der Waals surface area contributed by atoms with E-state index in [1.165, 1.54) is 0 Å². The first-order chi connectivity index (χ1) is 12.3. The van der Waals surface area contributed by atoms with Gasteiger partial charge in [-0.3, -0.25) is 0 Å². The summed E-state index contributed by atoms with van der Waals surface area (Å²) in [7, 11) is 0. The van der Waals surface area contributed by atoms with Gasteiger partial charge >= 0.3 is 6.01 Å². The lowest BCUT2D eigenvalue weighted by atomic mass is 9.90. The summed E-state index contributed by atoms with van der Waals surface area (Å²) in [5.41, 5.74) is -0.202. The first-order valence-corrected chi connectivity index (χ1v) is 8.54. The predicted molar refractivity (Wildman–Crippen MR) is 102 cm³/mol. The van der Waals surface area contributed by atoms with Crippen molar-refractivity contribution >= 4 is 0 Å². The SMILES string of the molecule is CC(C)(O)C(C)(C)Oc1nc(-c2ccccc2)nc(-c2ccccc2)n1. The largest absolute Gasteiger partial charge is 0.454 e. The van der Waals surface area contributed by atoms with Crippen molar-refractivity contribution in [2.45, 2.75) is 38.9 Å². The fourth-order valence-electron chi connectivity index (χ4n) is 2.19. The van der Waals surface area contributed by atoms with Crippen LogP contribution in [0.25, 0.3) is 22.8 Å². The van der Waals surface area contributed by atoms with Crippen molar-refractivity contribution in [1.29, 1.82) is 0 Å². The molecular formula is C21H23N3O2. The molecule has 1 N–H and O–H groups in total. The molecule has 5 nitrogen and oxygen atoms in total. The number of aliphatic hydroxyl groups is 1. The maximum atomic E-state index is 10.4. The van der Waals surface area contributed by atoms with Gasteiger partial charge in [0.05, 0.1) is 5.60 Å². The Kier molecular flexibility index (Phi) is 4.74. The van der Waals surface area contributed by atoms with Crippen LogP contribution in [0.1, 0.15) is 27.7 Å². The molecular weight excluding hydrogens is 326 g/mol. The third kappa shape index (κ3) is 3.89. The monoisotopic (exact) mass is 349 g/mol. The number of nitrogens with zero attached hydrogens (tertiary/aromatic N) is 3. The molecule has 3 rings (SSSR count). The number of ether oxygens (including phenoxy) is 1. The fraction of sp³-hybridized carbons (Fsp3) is 0.286. The normalized spacial score (nSPS) is 12.0. The molecule has 0 atom stereocenters. The van der Waals surface area contributed by atoms with Crippen molar-refractivity contribution in [2.75, 3.05) is 0 Å². The van der Waals surface area contributed by atoms with Crippen LogP contribution >= 0.6 is 0 Å². The first kappa shape index (κ1) is 18.0. The summed E-state index contributed by atoms with van der Waals surface area (Å²) in [5, 5.41) is 10.4. The lowest BCUT2D eigenvalue weighted by Crippen LogP contribution is -2.50. The second-order valence-corrected chi connectivity index (χ2v) is 7.17. The van der Waals surface area contributed by atoms with Crippen LogP contribution < -0.4 is 4.74 Å². The summed E-state index contributed by atoms with van der Waals surface area (Å²) >= 11 is 0. The second-order valence-electron chi connectivity index (χ2n) is 7.17. The zero-order valence-electron chi connectivity index (χ0n) is 15.5. The van der Waals surface area contributed by atoms with E-state index in [1.807, 2.05) is 60.7 Å². The number of aromatic nitrogens is 3. The third-order valence-electron chi connectivity index (χ3n) is 4.50. The quantitative estimate of drug-likeness (QED) is 0.750. The standard InChI is InChI=1S/C21H23N3O2/c1-20(2,25)21(3,4)26-19-23-17(15-11-7-5-8-12-15)22-18(24-19)16-13-9-6-10-14-16/h5-14,25H,1-4H3. The molecule has 0 saturated carbocycles. The Morgan fingerprint density at radius 1 is 0.692 bits per heavy atom. The topological polar surface area (TPSA) is 68.1 Å². The summed E-state index contributed by atoms with van der Waals surface area (Å²) in [5.74, 6) is 1.06. The van der Waals surface area contributed by atoms with Gasteiger partial charge in [0.1, 0.15) is 5.60 Å². The van der Waals surface area contributed by atoms with Gasteiger partial charge in [-0.1, -0.05) is 60.7 Å². The van der Waals surface area contributed by atoms with E-state index >= 15 is 0 Å². The van der Waals surface area contributed by atoms with E-state index in [-0.39, 0.29) is 6.01 Å². The van der Waals surface area contributed by atoms with Gasteiger partial charge in [0.25, 0.3) is 0 Å². The maximum absolute atomic E-state index is 10.4. The Morgan fingerprint density at radius 3 is 1.50 bits per heavy atom. The van der Waals surface area contributed by atoms with Crippen molar-refractivity contribution in [1.82, 2.24) is 15.0 Å². The lowest BCUT2D eigenvalue weighted by molar-refractivity contribution is -0.0945. The van der Waals surface area contributed by atoms with Crippen molar-refractivity contribution in [3.05, 3.63) is 60.7 Å². The van der Waals surface area contributed by atoms with Crippen LogP contribution in [0, 0.1) is 0 Å². The average molecular weight is 349 g/mol. The second kappa shape index (κ2) is 6.84. The Morgan fingerprint density at radius 2 is 1.12 bits per heavy atom. The van der Waals surface area contributed by atoms with Gasteiger partial charge in [0.15, 0.2) is 11.6 Å². The predicted octanol–water partition coefficient (Wildman–Crippen LogP) is 4.13. The minimum Gasteiger partial charge on any atom is -0.454 e.